The summed E-state index contributed by atoms with van der Waals surface area (Å²) in [7, 11) is 0. The minimum absolute atomic E-state index is 0.408. The highest BCUT2D eigenvalue weighted by Crippen LogP contribution is 2.27. The van der Waals surface area contributed by atoms with Crippen molar-refractivity contribution >= 4 is 34.0 Å². The largest absolute Gasteiger partial charge is 0.295 e. The quantitative estimate of drug-likeness (QED) is 0.888. The van der Waals surface area contributed by atoms with Gasteiger partial charge < -0.3 is 0 Å². The normalized spacial score (nSPS) is 19.1. The molecule has 0 amide bonds. The Morgan fingerprint density at radius 3 is 2.81 bits per heavy atom. The lowest BCUT2D eigenvalue weighted by atomic mass is 10.1. The predicted octanol–water partition coefficient (Wildman–Crippen LogP) is 3.52. The minimum Gasteiger partial charge on any atom is -0.295 e. The first-order valence-corrected chi connectivity index (χ1v) is 6.98. The van der Waals surface area contributed by atoms with E-state index in [9.17, 15) is 0 Å². The molecule has 1 N–H and O–H groups in total. The fourth-order valence-corrected chi connectivity index (χ4v) is 3.30. The van der Waals surface area contributed by atoms with E-state index in [1.54, 1.807) is 23.5 Å². The van der Waals surface area contributed by atoms with Gasteiger partial charge in [0.2, 0.25) is 0 Å². The molecule has 1 aliphatic heterocycles. The van der Waals surface area contributed by atoms with E-state index in [-0.39, 0.29) is 0 Å². The molecular weight excluding hydrogens is 236 g/mol. The lowest BCUT2D eigenvalue weighted by Gasteiger charge is -2.01. The van der Waals surface area contributed by atoms with Crippen LogP contribution in [0.3, 0.4) is 0 Å². The molecule has 16 heavy (non-hydrogen) atoms. The maximum atomic E-state index is 4.24. The Labute approximate surface area is 105 Å². The minimum atomic E-state index is 0.408. The van der Waals surface area contributed by atoms with Gasteiger partial charge in [0.25, 0.3) is 0 Å². The molecule has 1 unspecified atom stereocenters. The number of thioether (sulfide) groups is 2. The lowest BCUT2D eigenvalue weighted by molar-refractivity contribution is 0.755. The van der Waals surface area contributed by atoms with Crippen LogP contribution in [0, 0.1) is 0 Å². The third kappa shape index (κ3) is 3.06. The van der Waals surface area contributed by atoms with Gasteiger partial charge >= 0.3 is 0 Å². The zero-order chi connectivity index (χ0) is 11.4. The topological polar surface area (TPSA) is 24.4 Å². The van der Waals surface area contributed by atoms with Crippen molar-refractivity contribution < 1.29 is 0 Å². The van der Waals surface area contributed by atoms with Gasteiger partial charge in [-0.1, -0.05) is 60.4 Å². The van der Waals surface area contributed by atoms with Crippen molar-refractivity contribution in [2.24, 2.45) is 5.10 Å². The third-order valence-electron chi connectivity index (χ3n) is 2.19. The number of rotatable bonds is 3. The zero-order valence-electron chi connectivity index (χ0n) is 9.14. The summed E-state index contributed by atoms with van der Waals surface area (Å²) in [5.41, 5.74) is 5.52. The van der Waals surface area contributed by atoms with Gasteiger partial charge in [0.05, 0.1) is 5.37 Å². The van der Waals surface area contributed by atoms with Crippen molar-refractivity contribution in [1.82, 2.24) is 5.43 Å². The van der Waals surface area contributed by atoms with Gasteiger partial charge in [-0.3, -0.25) is 5.43 Å². The fraction of sp³-hybridized carbons (Fsp3) is 0.250. The van der Waals surface area contributed by atoms with Gasteiger partial charge in [0.15, 0.2) is 4.38 Å². The number of hydrogen-bond donors (Lipinski definition) is 1. The second-order valence-corrected chi connectivity index (χ2v) is 6.05. The van der Waals surface area contributed by atoms with Crippen molar-refractivity contribution in [2.75, 3.05) is 0 Å². The monoisotopic (exact) mass is 250 g/mol. The van der Waals surface area contributed by atoms with E-state index in [0.29, 0.717) is 5.37 Å². The van der Waals surface area contributed by atoms with Crippen LogP contribution in [0.4, 0.5) is 0 Å². The molecule has 1 heterocycles. The molecule has 0 saturated carbocycles. The van der Waals surface area contributed by atoms with Gasteiger partial charge in [-0.15, -0.1) is 0 Å². The van der Waals surface area contributed by atoms with Crippen molar-refractivity contribution in [3.8, 4) is 0 Å². The Morgan fingerprint density at radius 2 is 2.25 bits per heavy atom. The van der Waals surface area contributed by atoms with Crippen molar-refractivity contribution in [3.05, 3.63) is 42.0 Å². The second-order valence-electron chi connectivity index (χ2n) is 3.50. The molecule has 1 atom stereocenters. The average molecular weight is 250 g/mol. The molecule has 4 heteroatoms. The molecule has 0 aliphatic carbocycles. The summed E-state index contributed by atoms with van der Waals surface area (Å²) in [6, 6.07) is 8.46. The summed E-state index contributed by atoms with van der Waals surface area (Å²) in [6.07, 6.45) is 1.86. The number of benzene rings is 1. The van der Waals surface area contributed by atoms with Crippen LogP contribution >= 0.6 is 23.5 Å². The van der Waals surface area contributed by atoms with Crippen LogP contribution in [0.1, 0.15) is 18.1 Å². The van der Waals surface area contributed by atoms with E-state index in [2.05, 4.69) is 48.3 Å². The molecule has 84 valence electrons. The Bertz CT molecular complexity index is 398. The molecule has 0 radical (unpaired) electrons. The van der Waals surface area contributed by atoms with E-state index in [1.807, 2.05) is 6.08 Å². The summed E-state index contributed by atoms with van der Waals surface area (Å²) in [4.78, 5) is 0. The van der Waals surface area contributed by atoms with Gasteiger partial charge in [0, 0.05) is 5.75 Å². The Balaban J connectivity index is 1.87. The Hall–Kier alpha value is -0.870. The molecule has 0 aromatic heterocycles. The summed E-state index contributed by atoms with van der Waals surface area (Å²) < 4.78 is 1.13. The molecule has 1 aromatic rings. The van der Waals surface area contributed by atoms with Crippen molar-refractivity contribution in [1.29, 1.82) is 0 Å². The molecule has 0 spiro atoms. The maximum Gasteiger partial charge on any atom is 0.152 e. The number of hydrazone groups is 1. The van der Waals surface area contributed by atoms with Crippen LogP contribution in [0.5, 0.6) is 0 Å². The molecule has 1 aromatic carbocycles. The lowest BCUT2D eigenvalue weighted by Crippen LogP contribution is -2.09. The summed E-state index contributed by atoms with van der Waals surface area (Å²) in [5.74, 6) is 0.970. The highest BCUT2D eigenvalue weighted by atomic mass is 32.2. The fourth-order valence-electron chi connectivity index (χ4n) is 1.31. The molecule has 2 rings (SSSR count). The maximum absolute atomic E-state index is 4.24. The van der Waals surface area contributed by atoms with Gasteiger partial charge in [0.1, 0.15) is 0 Å². The van der Waals surface area contributed by atoms with E-state index < -0.39 is 0 Å². The van der Waals surface area contributed by atoms with Gasteiger partial charge in [-0.05, 0) is 18.1 Å². The zero-order valence-corrected chi connectivity index (χ0v) is 10.8. The smallest absolute Gasteiger partial charge is 0.152 e. The third-order valence-corrected chi connectivity index (χ3v) is 4.40. The van der Waals surface area contributed by atoms with Crippen LogP contribution in [0.2, 0.25) is 0 Å². The highest BCUT2D eigenvalue weighted by Gasteiger charge is 2.14. The van der Waals surface area contributed by atoms with E-state index >= 15 is 0 Å². The first kappa shape index (κ1) is 11.6. The Kier molecular flexibility index (Phi) is 3.96. The number of nitrogens with one attached hydrogen (secondary N) is 1. The summed E-state index contributed by atoms with van der Waals surface area (Å²) in [5, 5.41) is 4.65. The standard InChI is InChI=1S/C12H14N2S2/c1-3-10-4-6-11(7-5-10)8-15-12-14-13-9(2)16-12/h3-7,9,13H,1,8H2,2H3. The molecule has 0 saturated heterocycles. The van der Waals surface area contributed by atoms with Crippen LogP contribution < -0.4 is 5.43 Å². The van der Waals surface area contributed by atoms with Crippen molar-refractivity contribution in [2.45, 2.75) is 18.1 Å². The molecule has 1 aliphatic rings. The van der Waals surface area contributed by atoms with Crippen LogP contribution in [-0.2, 0) is 5.75 Å². The number of nitrogens with zero attached hydrogens (tertiary/aromatic N) is 1. The Morgan fingerprint density at radius 1 is 1.50 bits per heavy atom. The number of hydrogen-bond acceptors (Lipinski definition) is 4. The van der Waals surface area contributed by atoms with Gasteiger partial charge in [-0.2, -0.15) is 5.10 Å². The SMILES string of the molecule is C=Cc1ccc(CSC2=NNC(C)S2)cc1. The van der Waals surface area contributed by atoms with Crippen LogP contribution in [0.15, 0.2) is 35.9 Å². The summed E-state index contributed by atoms with van der Waals surface area (Å²) >= 11 is 3.56. The van der Waals surface area contributed by atoms with E-state index in [4.69, 9.17) is 0 Å². The van der Waals surface area contributed by atoms with Crippen molar-refractivity contribution in [3.63, 3.8) is 0 Å². The highest BCUT2D eigenvalue weighted by molar-refractivity contribution is 8.39. The molecule has 2 nitrogen and oxygen atoms in total. The van der Waals surface area contributed by atoms with Crippen LogP contribution in [0.25, 0.3) is 6.08 Å². The summed E-state index contributed by atoms with van der Waals surface area (Å²) in [6.45, 7) is 5.85. The molecular formula is C12H14N2S2. The van der Waals surface area contributed by atoms with Crippen LogP contribution in [-0.4, -0.2) is 9.75 Å². The second kappa shape index (κ2) is 5.46. The van der Waals surface area contributed by atoms with Gasteiger partial charge in [-0.25, -0.2) is 0 Å². The molecule has 0 bridgehead atoms. The first-order valence-electron chi connectivity index (χ1n) is 5.12. The van der Waals surface area contributed by atoms with E-state index in [1.165, 1.54) is 5.56 Å². The average Bonchev–Trinajstić information content (AvgIpc) is 2.73. The molecule has 0 fully saturated rings. The first-order chi connectivity index (χ1) is 7.78. The predicted molar refractivity (Wildman–Crippen MR) is 75.5 cm³/mol. The van der Waals surface area contributed by atoms with E-state index in [0.717, 1.165) is 15.7 Å².